The summed E-state index contributed by atoms with van der Waals surface area (Å²) in [6, 6.07) is 11.6. The van der Waals surface area contributed by atoms with E-state index in [1.807, 2.05) is 13.0 Å². The summed E-state index contributed by atoms with van der Waals surface area (Å²) in [6.07, 6.45) is 0. The molecule has 0 saturated carbocycles. The van der Waals surface area contributed by atoms with Gasteiger partial charge in [0.05, 0.1) is 10.0 Å². The molecule has 0 aliphatic carbocycles. The molecule has 0 aliphatic rings. The number of anilines is 1. The molecule has 0 bridgehead atoms. The topological polar surface area (TPSA) is 84.5 Å². The van der Waals surface area contributed by atoms with E-state index in [-0.39, 0.29) is 17.1 Å². The number of benzene rings is 2. The number of rotatable bonds is 6. The predicted molar refractivity (Wildman–Crippen MR) is 99.6 cm³/mol. The summed E-state index contributed by atoms with van der Waals surface area (Å²) in [6.45, 7) is 1.07. The molecule has 0 saturated heterocycles. The first-order valence-corrected chi connectivity index (χ1v) is 8.36. The van der Waals surface area contributed by atoms with E-state index in [0.717, 1.165) is 5.56 Å². The van der Waals surface area contributed by atoms with E-state index >= 15 is 0 Å². The summed E-state index contributed by atoms with van der Waals surface area (Å²) in [4.78, 5) is 35.3. The Hall–Kier alpha value is -2.57. The molecule has 2 rings (SSSR count). The van der Waals surface area contributed by atoms with Crippen LogP contribution in [0.1, 0.15) is 15.9 Å². The molecule has 0 unspecified atom stereocenters. The van der Waals surface area contributed by atoms with Crippen LogP contribution in [0.5, 0.6) is 0 Å². The van der Waals surface area contributed by atoms with Crippen LogP contribution in [-0.2, 0) is 14.3 Å². The highest BCUT2D eigenvalue weighted by atomic mass is 35.5. The molecule has 2 aromatic rings. The maximum absolute atomic E-state index is 11.9. The largest absolute Gasteiger partial charge is 0.454 e. The van der Waals surface area contributed by atoms with Gasteiger partial charge in [-0.2, -0.15) is 0 Å². The summed E-state index contributed by atoms with van der Waals surface area (Å²) >= 11 is 11.6. The Morgan fingerprint density at radius 1 is 1.04 bits per heavy atom. The van der Waals surface area contributed by atoms with Crippen LogP contribution in [0.3, 0.4) is 0 Å². The van der Waals surface area contributed by atoms with Gasteiger partial charge >= 0.3 is 5.97 Å². The minimum Gasteiger partial charge on any atom is -0.454 e. The standard InChI is InChI=1S/C18H16Cl2N2O4/c1-11-3-2-4-13(7-11)22-16(23)10-26-17(24)9-21-18(25)12-5-6-14(19)15(20)8-12/h2-8H,9-10H2,1H3,(H,21,25)(H,22,23). The normalized spacial score (nSPS) is 10.1. The maximum Gasteiger partial charge on any atom is 0.325 e. The zero-order chi connectivity index (χ0) is 19.1. The van der Waals surface area contributed by atoms with Gasteiger partial charge in [-0.25, -0.2) is 0 Å². The van der Waals surface area contributed by atoms with E-state index in [1.54, 1.807) is 18.2 Å². The van der Waals surface area contributed by atoms with Crippen molar-refractivity contribution in [3.8, 4) is 0 Å². The smallest absolute Gasteiger partial charge is 0.325 e. The monoisotopic (exact) mass is 394 g/mol. The second-order valence-electron chi connectivity index (χ2n) is 5.39. The number of aryl methyl sites for hydroxylation is 1. The highest BCUT2D eigenvalue weighted by molar-refractivity contribution is 6.42. The fraction of sp³-hybridized carbons (Fsp3) is 0.167. The summed E-state index contributed by atoms with van der Waals surface area (Å²) in [5, 5.41) is 5.54. The van der Waals surface area contributed by atoms with E-state index in [4.69, 9.17) is 27.9 Å². The predicted octanol–water partition coefficient (Wildman–Crippen LogP) is 3.21. The highest BCUT2D eigenvalue weighted by Gasteiger charge is 2.12. The van der Waals surface area contributed by atoms with Gasteiger partial charge in [0.25, 0.3) is 11.8 Å². The second-order valence-corrected chi connectivity index (χ2v) is 6.20. The molecule has 0 fully saturated rings. The van der Waals surface area contributed by atoms with Crippen LogP contribution in [0.25, 0.3) is 0 Å². The Labute approximate surface area is 160 Å². The minimum atomic E-state index is -0.738. The van der Waals surface area contributed by atoms with Crippen molar-refractivity contribution >= 4 is 46.7 Å². The van der Waals surface area contributed by atoms with Gasteiger partial charge < -0.3 is 15.4 Å². The van der Waals surface area contributed by atoms with E-state index in [0.29, 0.717) is 10.7 Å². The summed E-state index contributed by atoms with van der Waals surface area (Å²) in [5.41, 5.74) is 1.85. The van der Waals surface area contributed by atoms with Crippen LogP contribution in [0.15, 0.2) is 42.5 Å². The Morgan fingerprint density at radius 2 is 1.81 bits per heavy atom. The molecular formula is C18H16Cl2N2O4. The highest BCUT2D eigenvalue weighted by Crippen LogP contribution is 2.22. The number of hydrogen-bond acceptors (Lipinski definition) is 4. The summed E-state index contributed by atoms with van der Waals surface area (Å²) in [7, 11) is 0. The molecule has 8 heteroatoms. The van der Waals surface area contributed by atoms with Gasteiger partial charge in [0.2, 0.25) is 0 Å². The number of halogens is 2. The first-order valence-electron chi connectivity index (χ1n) is 7.60. The molecule has 0 heterocycles. The first kappa shape index (κ1) is 19.8. The number of hydrogen-bond donors (Lipinski definition) is 2. The lowest BCUT2D eigenvalue weighted by Crippen LogP contribution is -2.32. The van der Waals surface area contributed by atoms with Crippen LogP contribution >= 0.6 is 23.2 Å². The van der Waals surface area contributed by atoms with Gasteiger partial charge in [0.1, 0.15) is 6.54 Å². The molecule has 0 aromatic heterocycles. The molecule has 0 radical (unpaired) electrons. The third kappa shape index (κ3) is 6.06. The van der Waals surface area contributed by atoms with Crippen LogP contribution in [0, 0.1) is 6.92 Å². The maximum atomic E-state index is 11.9. The van der Waals surface area contributed by atoms with E-state index < -0.39 is 24.4 Å². The average molecular weight is 395 g/mol. The van der Waals surface area contributed by atoms with Crippen LogP contribution in [-0.4, -0.2) is 30.9 Å². The van der Waals surface area contributed by atoms with Crippen molar-refractivity contribution in [2.24, 2.45) is 0 Å². The van der Waals surface area contributed by atoms with Crippen molar-refractivity contribution in [3.05, 3.63) is 63.6 Å². The number of carbonyl (C=O) groups excluding carboxylic acids is 3. The molecule has 6 nitrogen and oxygen atoms in total. The lowest BCUT2D eigenvalue weighted by Gasteiger charge is -2.08. The van der Waals surface area contributed by atoms with Crippen LogP contribution < -0.4 is 10.6 Å². The molecule has 2 amide bonds. The van der Waals surface area contributed by atoms with Crippen molar-refractivity contribution in [2.45, 2.75) is 6.92 Å². The summed E-state index contributed by atoms with van der Waals surface area (Å²) in [5.74, 6) is -1.72. The molecular weight excluding hydrogens is 379 g/mol. The molecule has 26 heavy (non-hydrogen) atoms. The number of nitrogens with one attached hydrogen (secondary N) is 2. The van der Waals surface area contributed by atoms with Crippen LogP contribution in [0.2, 0.25) is 10.0 Å². The average Bonchev–Trinajstić information content (AvgIpc) is 2.60. The molecule has 2 aromatic carbocycles. The Morgan fingerprint density at radius 3 is 2.50 bits per heavy atom. The second kappa shape index (κ2) is 9.22. The first-order chi connectivity index (χ1) is 12.3. The van der Waals surface area contributed by atoms with Gasteiger partial charge in [-0.05, 0) is 42.8 Å². The fourth-order valence-corrected chi connectivity index (χ4v) is 2.31. The lowest BCUT2D eigenvalue weighted by molar-refractivity contribution is -0.146. The number of esters is 1. The lowest BCUT2D eigenvalue weighted by atomic mass is 10.2. The number of amides is 2. The van der Waals surface area contributed by atoms with Gasteiger partial charge in [-0.3, -0.25) is 14.4 Å². The van der Waals surface area contributed by atoms with E-state index in [2.05, 4.69) is 10.6 Å². The van der Waals surface area contributed by atoms with Gasteiger partial charge in [0, 0.05) is 11.3 Å². The number of carbonyl (C=O) groups is 3. The minimum absolute atomic E-state index is 0.231. The van der Waals surface area contributed by atoms with Crippen LogP contribution in [0.4, 0.5) is 5.69 Å². The zero-order valence-corrected chi connectivity index (χ0v) is 15.4. The zero-order valence-electron chi connectivity index (χ0n) is 13.8. The van der Waals surface area contributed by atoms with E-state index in [1.165, 1.54) is 18.2 Å². The quantitative estimate of drug-likeness (QED) is 0.736. The fourth-order valence-electron chi connectivity index (χ4n) is 2.01. The van der Waals surface area contributed by atoms with Crippen molar-refractivity contribution < 1.29 is 19.1 Å². The third-order valence-corrected chi connectivity index (χ3v) is 3.98. The molecule has 2 N–H and O–H groups in total. The SMILES string of the molecule is Cc1cccc(NC(=O)COC(=O)CNC(=O)c2ccc(Cl)c(Cl)c2)c1. The van der Waals surface area contributed by atoms with Crippen molar-refractivity contribution in [3.63, 3.8) is 0 Å². The van der Waals surface area contributed by atoms with Gasteiger partial charge in [-0.15, -0.1) is 0 Å². The Balaban J connectivity index is 1.75. The summed E-state index contributed by atoms with van der Waals surface area (Å²) < 4.78 is 4.82. The van der Waals surface area contributed by atoms with E-state index in [9.17, 15) is 14.4 Å². The molecule has 136 valence electrons. The van der Waals surface area contributed by atoms with Crippen molar-refractivity contribution in [2.75, 3.05) is 18.5 Å². The Bertz CT molecular complexity index is 840. The van der Waals surface area contributed by atoms with Crippen molar-refractivity contribution in [1.29, 1.82) is 0 Å². The Kier molecular flexibility index (Phi) is 7.00. The van der Waals surface area contributed by atoms with Gasteiger partial charge in [0.15, 0.2) is 6.61 Å². The molecule has 0 spiro atoms. The number of ether oxygens (including phenoxy) is 1. The molecule has 0 aliphatic heterocycles. The van der Waals surface area contributed by atoms with Crippen molar-refractivity contribution in [1.82, 2.24) is 5.32 Å². The molecule has 0 atom stereocenters. The van der Waals surface area contributed by atoms with Gasteiger partial charge in [-0.1, -0.05) is 35.3 Å². The third-order valence-electron chi connectivity index (χ3n) is 3.24.